The lowest BCUT2D eigenvalue weighted by atomic mass is 10.2. The minimum absolute atomic E-state index is 0.136. The number of hydrogen-bond acceptors (Lipinski definition) is 6. The molecule has 0 spiro atoms. The van der Waals surface area contributed by atoms with E-state index in [2.05, 4.69) is 19.9 Å². The van der Waals surface area contributed by atoms with E-state index in [0.717, 1.165) is 6.26 Å². The van der Waals surface area contributed by atoms with Crippen molar-refractivity contribution in [3.05, 3.63) is 35.2 Å². The van der Waals surface area contributed by atoms with Gasteiger partial charge in [0.25, 0.3) is 0 Å². The van der Waals surface area contributed by atoms with Crippen molar-refractivity contribution >= 4 is 27.1 Å². The van der Waals surface area contributed by atoms with Gasteiger partial charge in [-0.2, -0.15) is 5.10 Å². The van der Waals surface area contributed by atoms with Crippen molar-refractivity contribution in [1.82, 2.24) is 19.8 Å². The fourth-order valence-electron chi connectivity index (χ4n) is 2.33. The van der Waals surface area contributed by atoms with Crippen molar-refractivity contribution in [1.29, 1.82) is 0 Å². The van der Waals surface area contributed by atoms with E-state index < -0.39 is 10.0 Å². The molecule has 0 atom stereocenters. The third kappa shape index (κ3) is 2.95. The molecule has 1 aromatic carbocycles. The molecular formula is C14H15N5O3S. The predicted molar refractivity (Wildman–Crippen MR) is 86.4 cm³/mol. The number of aliphatic hydroxyl groups excluding tert-OH is 1. The summed E-state index contributed by atoms with van der Waals surface area (Å²) in [6, 6.07) is 6.69. The summed E-state index contributed by atoms with van der Waals surface area (Å²) in [5, 5.41) is 18.8. The second kappa shape index (κ2) is 5.20. The van der Waals surface area contributed by atoms with Crippen LogP contribution in [0.3, 0.4) is 0 Å². The summed E-state index contributed by atoms with van der Waals surface area (Å²) in [5.41, 5.74) is 2.31. The van der Waals surface area contributed by atoms with E-state index in [4.69, 9.17) is 0 Å². The van der Waals surface area contributed by atoms with E-state index in [1.165, 1.54) is 4.63 Å². The number of rotatable bonds is 3. The van der Waals surface area contributed by atoms with Crippen molar-refractivity contribution in [3.8, 4) is 11.4 Å². The monoisotopic (exact) mass is 333 g/mol. The minimum Gasteiger partial charge on any atom is -0.512 e. The number of anilines is 1. The molecule has 120 valence electrons. The van der Waals surface area contributed by atoms with Gasteiger partial charge < -0.3 is 5.11 Å². The third-order valence-electron chi connectivity index (χ3n) is 3.23. The molecule has 0 saturated carbocycles. The smallest absolute Gasteiger partial charge is 0.229 e. The highest BCUT2D eigenvalue weighted by molar-refractivity contribution is 7.92. The average molecular weight is 333 g/mol. The van der Waals surface area contributed by atoms with Crippen LogP contribution in [-0.2, 0) is 10.0 Å². The molecule has 2 aromatic heterocycles. The number of fused-ring (bicyclic) bond motifs is 1. The molecule has 2 N–H and O–H groups in total. The molecular weight excluding hydrogens is 318 g/mol. The summed E-state index contributed by atoms with van der Waals surface area (Å²) in [4.78, 5) is 4.40. The molecule has 23 heavy (non-hydrogen) atoms. The van der Waals surface area contributed by atoms with E-state index >= 15 is 0 Å². The zero-order valence-electron chi connectivity index (χ0n) is 12.8. The summed E-state index contributed by atoms with van der Waals surface area (Å²) in [6.07, 6.45) is 1.09. The molecule has 8 nitrogen and oxygen atoms in total. The number of benzene rings is 1. The Labute approximate surface area is 132 Å². The molecule has 0 aliphatic carbocycles. The molecule has 0 aliphatic rings. The molecule has 0 amide bonds. The van der Waals surface area contributed by atoms with E-state index in [1.54, 1.807) is 38.1 Å². The van der Waals surface area contributed by atoms with Crippen LogP contribution in [0.5, 0.6) is 0 Å². The molecule has 0 fully saturated rings. The van der Waals surface area contributed by atoms with E-state index in [0.29, 0.717) is 33.6 Å². The highest BCUT2D eigenvalue weighted by Gasteiger charge is 2.13. The summed E-state index contributed by atoms with van der Waals surface area (Å²) in [5.74, 6) is 0.581. The Hall–Kier alpha value is -2.68. The van der Waals surface area contributed by atoms with Crippen molar-refractivity contribution in [2.45, 2.75) is 13.8 Å². The maximum atomic E-state index is 11.2. The van der Waals surface area contributed by atoms with Crippen LogP contribution < -0.4 is 9.94 Å². The number of hydrogen-bond donors (Lipinski definition) is 2. The normalized spacial score (nSPS) is 13.3. The maximum absolute atomic E-state index is 11.2. The summed E-state index contributed by atoms with van der Waals surface area (Å²) >= 11 is 0. The number of nitrogens with one attached hydrogen (secondary N) is 1. The van der Waals surface area contributed by atoms with Crippen LogP contribution in [0, 0.1) is 6.92 Å². The fourth-order valence-corrected chi connectivity index (χ4v) is 2.90. The van der Waals surface area contributed by atoms with Gasteiger partial charge in [0.15, 0.2) is 11.5 Å². The lowest BCUT2D eigenvalue weighted by Crippen LogP contribution is -2.09. The average Bonchev–Trinajstić information content (AvgIpc) is 2.93. The van der Waals surface area contributed by atoms with Crippen molar-refractivity contribution < 1.29 is 13.5 Å². The second-order valence-electron chi connectivity index (χ2n) is 5.25. The molecule has 2 heterocycles. The van der Waals surface area contributed by atoms with Crippen molar-refractivity contribution in [2.24, 2.45) is 0 Å². The molecule has 0 radical (unpaired) electrons. The third-order valence-corrected chi connectivity index (χ3v) is 3.84. The Bertz CT molecular complexity index is 1030. The highest BCUT2D eigenvalue weighted by atomic mass is 32.2. The van der Waals surface area contributed by atoms with Gasteiger partial charge in [-0.3, -0.25) is 4.72 Å². The quantitative estimate of drug-likeness (QED) is 0.736. The summed E-state index contributed by atoms with van der Waals surface area (Å²) < 4.78 is 26.2. The Morgan fingerprint density at radius 3 is 2.43 bits per heavy atom. The van der Waals surface area contributed by atoms with Crippen molar-refractivity contribution in [3.63, 3.8) is 0 Å². The predicted octanol–water partition coefficient (Wildman–Crippen LogP) is 0.876. The van der Waals surface area contributed by atoms with E-state index in [1.807, 2.05) is 0 Å². The van der Waals surface area contributed by atoms with Crippen LogP contribution >= 0.6 is 0 Å². The van der Waals surface area contributed by atoms with Gasteiger partial charge in [0.05, 0.1) is 17.2 Å². The first-order valence-electron chi connectivity index (χ1n) is 6.76. The van der Waals surface area contributed by atoms with Crippen LogP contribution in [0.1, 0.15) is 12.6 Å². The maximum Gasteiger partial charge on any atom is 0.229 e. The second-order valence-corrected chi connectivity index (χ2v) is 6.99. The molecule has 3 rings (SSSR count). The highest BCUT2D eigenvalue weighted by Crippen LogP contribution is 2.19. The molecule has 9 heteroatoms. The van der Waals surface area contributed by atoms with Gasteiger partial charge in [-0.05, 0) is 38.1 Å². The lowest BCUT2D eigenvalue weighted by Gasteiger charge is -2.03. The first-order valence-corrected chi connectivity index (χ1v) is 8.65. The Morgan fingerprint density at radius 1 is 1.22 bits per heavy atom. The van der Waals surface area contributed by atoms with Crippen LogP contribution in [0.25, 0.3) is 22.8 Å². The van der Waals surface area contributed by atoms with Gasteiger partial charge in [-0.25, -0.2) is 13.4 Å². The topological polar surface area (TPSA) is 109 Å². The van der Waals surface area contributed by atoms with Gasteiger partial charge in [0, 0.05) is 11.3 Å². The fraction of sp³-hybridized carbons (Fsp3) is 0.214. The molecule has 0 bridgehead atoms. The zero-order chi connectivity index (χ0) is 16.8. The number of sulfonamides is 1. The molecule has 0 aliphatic heterocycles. The van der Waals surface area contributed by atoms with Gasteiger partial charge in [0.2, 0.25) is 10.0 Å². The first kappa shape index (κ1) is 15.2. The van der Waals surface area contributed by atoms with Gasteiger partial charge in [-0.1, -0.05) is 0 Å². The zero-order valence-corrected chi connectivity index (χ0v) is 13.6. The Kier molecular flexibility index (Phi) is 3.44. The Balaban J connectivity index is 2.03. The number of aromatic nitrogens is 4. The van der Waals surface area contributed by atoms with Crippen LogP contribution in [0.15, 0.2) is 24.3 Å². The van der Waals surface area contributed by atoms with E-state index in [-0.39, 0.29) is 5.76 Å². The summed E-state index contributed by atoms with van der Waals surface area (Å²) in [6.45, 7) is 3.35. The van der Waals surface area contributed by atoms with Crippen molar-refractivity contribution in [2.75, 3.05) is 11.0 Å². The van der Waals surface area contributed by atoms with E-state index in [9.17, 15) is 13.5 Å². The SMILES string of the molecule is C/C(O)=c1/c(C)nn2nc(-c3ccc(NS(C)(=O)=O)cc3)nc12. The van der Waals surface area contributed by atoms with Gasteiger partial charge in [-0.15, -0.1) is 9.73 Å². The van der Waals surface area contributed by atoms with Gasteiger partial charge in [0.1, 0.15) is 5.76 Å². The largest absolute Gasteiger partial charge is 0.512 e. The van der Waals surface area contributed by atoms with Crippen LogP contribution in [-0.4, -0.2) is 39.6 Å². The van der Waals surface area contributed by atoms with Gasteiger partial charge >= 0.3 is 0 Å². The number of nitrogens with zero attached hydrogens (tertiary/aromatic N) is 4. The standard InChI is InChI=1S/C14H15N5O3S/c1-8-12(9(2)20)14-15-13(17-19(14)16-8)10-4-6-11(7-5-10)18-23(3,21)22/h4-7,18,20H,1-3H3/b12-9+. The molecule has 0 saturated heterocycles. The number of aryl methyl sites for hydroxylation is 1. The van der Waals surface area contributed by atoms with Crippen LogP contribution in [0.2, 0.25) is 0 Å². The molecule has 0 unspecified atom stereocenters. The molecule has 3 aromatic rings. The number of aliphatic hydroxyl groups is 1. The minimum atomic E-state index is -3.31. The lowest BCUT2D eigenvalue weighted by molar-refractivity contribution is 0.499. The van der Waals surface area contributed by atoms with Crippen LogP contribution in [0.4, 0.5) is 5.69 Å². The Morgan fingerprint density at radius 2 is 1.87 bits per heavy atom. The summed E-state index contributed by atoms with van der Waals surface area (Å²) in [7, 11) is -3.31. The first-order chi connectivity index (χ1) is 10.7.